The van der Waals surface area contributed by atoms with E-state index in [2.05, 4.69) is 4.72 Å². The highest BCUT2D eigenvalue weighted by Gasteiger charge is 2.29. The minimum atomic E-state index is -3.76. The van der Waals surface area contributed by atoms with Crippen molar-refractivity contribution in [2.24, 2.45) is 0 Å². The molecule has 1 aromatic heterocycles. The standard InChI is InChI=1S/C23H22N2O4S/c1-23(2)15-20(25-13-7-6-10-22(25)26)19-14-18(11-12-21(19)29-23)30(27,28)24-16-17-8-4-3-5-9-17/h3-15,24H,16H2,1-2H3. The molecule has 6 nitrogen and oxygen atoms in total. The molecule has 0 radical (unpaired) electrons. The van der Waals surface area contributed by atoms with E-state index in [0.717, 1.165) is 5.56 Å². The first-order valence-corrected chi connectivity index (χ1v) is 11.0. The SMILES string of the molecule is CC1(C)C=C(n2ccccc2=O)c2cc(S(=O)(=O)NCc3ccccc3)ccc2O1. The lowest BCUT2D eigenvalue weighted by atomic mass is 9.99. The second kappa shape index (κ2) is 7.59. The smallest absolute Gasteiger partial charge is 0.255 e. The number of ether oxygens (including phenoxy) is 1. The molecular weight excluding hydrogens is 400 g/mol. The Bertz CT molecular complexity index is 1280. The topological polar surface area (TPSA) is 77.4 Å². The molecule has 0 saturated heterocycles. The van der Waals surface area contributed by atoms with Crippen LogP contribution in [0.4, 0.5) is 0 Å². The molecule has 0 bridgehead atoms. The molecule has 0 spiro atoms. The Labute approximate surface area is 175 Å². The number of aromatic nitrogens is 1. The fraction of sp³-hybridized carbons (Fsp3) is 0.174. The molecule has 0 fully saturated rings. The second-order valence-corrected chi connectivity index (χ2v) is 9.38. The molecule has 1 aliphatic rings. The first-order chi connectivity index (χ1) is 14.3. The van der Waals surface area contributed by atoms with Crippen LogP contribution in [0.3, 0.4) is 0 Å². The summed E-state index contributed by atoms with van der Waals surface area (Å²) in [6.45, 7) is 3.95. The van der Waals surface area contributed by atoms with Crippen molar-refractivity contribution in [2.75, 3.05) is 0 Å². The molecule has 0 aliphatic carbocycles. The normalized spacial score (nSPS) is 15.1. The zero-order valence-corrected chi connectivity index (χ0v) is 17.5. The molecule has 154 valence electrons. The summed E-state index contributed by atoms with van der Waals surface area (Å²) >= 11 is 0. The number of fused-ring (bicyclic) bond motifs is 1. The molecule has 0 saturated carbocycles. The third kappa shape index (κ3) is 4.08. The van der Waals surface area contributed by atoms with Crippen LogP contribution in [0.25, 0.3) is 5.70 Å². The summed E-state index contributed by atoms with van der Waals surface area (Å²) in [7, 11) is -3.76. The predicted molar refractivity (Wildman–Crippen MR) is 116 cm³/mol. The molecule has 3 aromatic rings. The van der Waals surface area contributed by atoms with Gasteiger partial charge in [-0.2, -0.15) is 0 Å². The molecule has 2 aromatic carbocycles. The Morgan fingerprint density at radius 1 is 1.00 bits per heavy atom. The number of hydrogen-bond donors (Lipinski definition) is 1. The molecular formula is C23H22N2O4S. The Hall–Kier alpha value is -3.16. The average Bonchev–Trinajstić information content (AvgIpc) is 2.72. The van der Waals surface area contributed by atoms with Crippen molar-refractivity contribution in [1.29, 1.82) is 0 Å². The van der Waals surface area contributed by atoms with E-state index in [9.17, 15) is 13.2 Å². The number of rotatable bonds is 5. The van der Waals surface area contributed by atoms with Crippen LogP contribution in [0.1, 0.15) is 25.0 Å². The van der Waals surface area contributed by atoms with E-state index in [0.29, 0.717) is 17.0 Å². The third-order valence-corrected chi connectivity index (χ3v) is 6.18. The largest absolute Gasteiger partial charge is 0.483 e. The van der Waals surface area contributed by atoms with E-state index in [1.54, 1.807) is 30.5 Å². The highest BCUT2D eigenvalue weighted by Crippen LogP contribution is 2.37. The predicted octanol–water partition coefficient (Wildman–Crippen LogP) is 3.39. The van der Waals surface area contributed by atoms with Crippen molar-refractivity contribution in [1.82, 2.24) is 9.29 Å². The Morgan fingerprint density at radius 3 is 2.47 bits per heavy atom. The molecule has 7 heteroatoms. The first kappa shape index (κ1) is 20.1. The van der Waals surface area contributed by atoms with Gasteiger partial charge >= 0.3 is 0 Å². The van der Waals surface area contributed by atoms with Gasteiger partial charge in [0.05, 0.1) is 10.6 Å². The minimum absolute atomic E-state index is 0.107. The average molecular weight is 423 g/mol. The van der Waals surface area contributed by atoms with E-state index >= 15 is 0 Å². The fourth-order valence-electron chi connectivity index (χ4n) is 3.37. The van der Waals surface area contributed by atoms with Gasteiger partial charge in [0.1, 0.15) is 11.4 Å². The van der Waals surface area contributed by atoms with Crippen LogP contribution in [0.15, 0.2) is 88.7 Å². The lowest BCUT2D eigenvalue weighted by Crippen LogP contribution is -2.32. The van der Waals surface area contributed by atoms with E-state index in [4.69, 9.17) is 4.74 Å². The van der Waals surface area contributed by atoms with E-state index in [-0.39, 0.29) is 17.0 Å². The number of nitrogens with zero attached hydrogens (tertiary/aromatic N) is 1. The molecule has 0 amide bonds. The van der Waals surface area contributed by atoms with E-state index in [1.807, 2.05) is 50.3 Å². The Kier molecular flexibility index (Phi) is 5.09. The summed E-state index contributed by atoms with van der Waals surface area (Å²) in [6.07, 6.45) is 3.48. The Balaban J connectivity index is 1.74. The van der Waals surface area contributed by atoms with Crippen LogP contribution < -0.4 is 15.0 Å². The van der Waals surface area contributed by atoms with Gasteiger partial charge in [-0.05, 0) is 49.8 Å². The van der Waals surface area contributed by atoms with Gasteiger partial charge in [0.2, 0.25) is 10.0 Å². The molecule has 30 heavy (non-hydrogen) atoms. The lowest BCUT2D eigenvalue weighted by Gasteiger charge is -2.31. The van der Waals surface area contributed by atoms with Crippen molar-refractivity contribution >= 4 is 15.7 Å². The van der Waals surface area contributed by atoms with Crippen LogP contribution >= 0.6 is 0 Å². The Morgan fingerprint density at radius 2 is 1.73 bits per heavy atom. The highest BCUT2D eigenvalue weighted by molar-refractivity contribution is 7.89. The van der Waals surface area contributed by atoms with Gasteiger partial charge in [-0.1, -0.05) is 36.4 Å². The molecule has 1 N–H and O–H groups in total. The van der Waals surface area contributed by atoms with Gasteiger partial charge in [0.25, 0.3) is 5.56 Å². The zero-order chi connectivity index (χ0) is 21.4. The van der Waals surface area contributed by atoms with Crippen molar-refractivity contribution < 1.29 is 13.2 Å². The minimum Gasteiger partial charge on any atom is -0.483 e. The molecule has 1 aliphatic heterocycles. The van der Waals surface area contributed by atoms with Crippen molar-refractivity contribution in [3.05, 3.63) is 100 Å². The van der Waals surface area contributed by atoms with Crippen LogP contribution in [-0.4, -0.2) is 18.6 Å². The highest BCUT2D eigenvalue weighted by atomic mass is 32.2. The van der Waals surface area contributed by atoms with Crippen molar-refractivity contribution in [2.45, 2.75) is 30.9 Å². The van der Waals surface area contributed by atoms with Crippen molar-refractivity contribution in [3.63, 3.8) is 0 Å². The van der Waals surface area contributed by atoms with Gasteiger partial charge in [-0.15, -0.1) is 0 Å². The maximum Gasteiger partial charge on any atom is 0.255 e. The maximum absolute atomic E-state index is 12.9. The molecule has 2 heterocycles. The van der Waals surface area contributed by atoms with Crippen LogP contribution in [0, 0.1) is 0 Å². The first-order valence-electron chi connectivity index (χ1n) is 9.53. The van der Waals surface area contributed by atoms with Crippen LogP contribution in [0.2, 0.25) is 0 Å². The molecule has 0 unspecified atom stereocenters. The summed E-state index contributed by atoms with van der Waals surface area (Å²) in [4.78, 5) is 12.5. The summed E-state index contributed by atoms with van der Waals surface area (Å²) in [5.41, 5.74) is 1.14. The number of benzene rings is 2. The number of sulfonamides is 1. The van der Waals surface area contributed by atoms with Crippen LogP contribution in [-0.2, 0) is 16.6 Å². The lowest BCUT2D eigenvalue weighted by molar-refractivity contribution is 0.157. The van der Waals surface area contributed by atoms with Gasteiger partial charge in [-0.25, -0.2) is 13.1 Å². The zero-order valence-electron chi connectivity index (χ0n) is 16.7. The summed E-state index contributed by atoms with van der Waals surface area (Å²) in [5, 5.41) is 0. The van der Waals surface area contributed by atoms with Gasteiger partial charge in [0, 0.05) is 24.4 Å². The molecule has 4 rings (SSSR count). The van der Waals surface area contributed by atoms with Gasteiger partial charge < -0.3 is 4.74 Å². The van der Waals surface area contributed by atoms with Gasteiger partial charge in [0.15, 0.2) is 0 Å². The quantitative estimate of drug-likeness (QED) is 0.684. The van der Waals surface area contributed by atoms with E-state index < -0.39 is 15.6 Å². The van der Waals surface area contributed by atoms with E-state index in [1.165, 1.54) is 16.7 Å². The summed E-state index contributed by atoms with van der Waals surface area (Å²) in [6, 6.07) is 18.9. The number of hydrogen-bond acceptors (Lipinski definition) is 4. The fourth-order valence-corrected chi connectivity index (χ4v) is 4.41. The number of pyridine rings is 1. The monoisotopic (exact) mass is 422 g/mol. The van der Waals surface area contributed by atoms with Crippen LogP contribution in [0.5, 0.6) is 5.75 Å². The van der Waals surface area contributed by atoms with Gasteiger partial charge in [-0.3, -0.25) is 9.36 Å². The maximum atomic E-state index is 12.9. The van der Waals surface area contributed by atoms with Crippen molar-refractivity contribution in [3.8, 4) is 5.75 Å². The third-order valence-electron chi connectivity index (χ3n) is 4.79. The second-order valence-electron chi connectivity index (χ2n) is 7.61. The summed E-state index contributed by atoms with van der Waals surface area (Å²) < 4.78 is 35.9. The summed E-state index contributed by atoms with van der Waals surface area (Å²) in [5.74, 6) is 0.523. The molecule has 0 atom stereocenters. The number of nitrogens with one attached hydrogen (secondary N) is 1.